The van der Waals surface area contributed by atoms with E-state index in [1.807, 2.05) is 13.8 Å². The molecule has 4 heteroatoms. The smallest absolute Gasteiger partial charge is 0.124 e. The summed E-state index contributed by atoms with van der Waals surface area (Å²) >= 11 is 3.36. The van der Waals surface area contributed by atoms with Crippen LogP contribution in [0.3, 0.4) is 0 Å². The highest BCUT2D eigenvalue weighted by atomic mass is 79.9. The number of benzene rings is 1. The summed E-state index contributed by atoms with van der Waals surface area (Å²) in [4.78, 5) is 0. The van der Waals surface area contributed by atoms with Crippen molar-refractivity contribution >= 4 is 15.9 Å². The lowest BCUT2D eigenvalue weighted by Crippen LogP contribution is -2.31. The van der Waals surface area contributed by atoms with Crippen molar-refractivity contribution in [2.45, 2.75) is 45.4 Å². The largest absolute Gasteiger partial charge is 0.393 e. The molecule has 0 aliphatic heterocycles. The van der Waals surface area contributed by atoms with Gasteiger partial charge >= 0.3 is 0 Å². The second kappa shape index (κ2) is 6.47. The summed E-state index contributed by atoms with van der Waals surface area (Å²) in [5.74, 6) is -0.246. The number of hydrogen-bond donors (Lipinski definition) is 2. The summed E-state index contributed by atoms with van der Waals surface area (Å²) in [7, 11) is 0. The molecule has 1 aromatic carbocycles. The Morgan fingerprint density at radius 1 is 1.35 bits per heavy atom. The van der Waals surface area contributed by atoms with Gasteiger partial charge in [0.15, 0.2) is 0 Å². The molecule has 0 spiro atoms. The van der Waals surface area contributed by atoms with Crippen molar-refractivity contribution in [1.29, 1.82) is 0 Å². The summed E-state index contributed by atoms with van der Waals surface area (Å²) in [6.45, 7) is 5.83. The van der Waals surface area contributed by atoms with E-state index in [1.165, 1.54) is 12.1 Å². The van der Waals surface area contributed by atoms with E-state index in [1.54, 1.807) is 13.0 Å². The van der Waals surface area contributed by atoms with Crippen LogP contribution in [0.5, 0.6) is 0 Å². The first-order chi connectivity index (χ1) is 7.90. The van der Waals surface area contributed by atoms with Gasteiger partial charge in [-0.25, -0.2) is 4.39 Å². The molecule has 0 saturated heterocycles. The van der Waals surface area contributed by atoms with Gasteiger partial charge in [-0.1, -0.05) is 22.0 Å². The highest BCUT2D eigenvalue weighted by molar-refractivity contribution is 9.10. The lowest BCUT2D eigenvalue weighted by atomic mass is 10.1. The SMILES string of the molecule is CC(O)CC(C)NC(C)c1ccc(F)cc1Br. The zero-order valence-corrected chi connectivity index (χ0v) is 12.0. The van der Waals surface area contributed by atoms with Crippen LogP contribution in [0, 0.1) is 5.82 Å². The Bertz CT molecular complexity index is 370. The first-order valence-corrected chi connectivity index (χ1v) is 6.58. The molecule has 1 rings (SSSR count). The molecule has 0 radical (unpaired) electrons. The van der Waals surface area contributed by atoms with Crippen molar-refractivity contribution in [3.05, 3.63) is 34.1 Å². The molecule has 0 saturated carbocycles. The Morgan fingerprint density at radius 2 is 2.00 bits per heavy atom. The zero-order valence-electron chi connectivity index (χ0n) is 10.4. The molecule has 0 heterocycles. The monoisotopic (exact) mass is 303 g/mol. The van der Waals surface area contributed by atoms with Gasteiger partial charge in [0, 0.05) is 16.6 Å². The summed E-state index contributed by atoms with van der Waals surface area (Å²) < 4.78 is 13.7. The van der Waals surface area contributed by atoms with Crippen LogP contribution >= 0.6 is 15.9 Å². The molecule has 17 heavy (non-hydrogen) atoms. The van der Waals surface area contributed by atoms with Crippen molar-refractivity contribution in [1.82, 2.24) is 5.32 Å². The second-order valence-electron chi connectivity index (χ2n) is 4.54. The number of rotatable bonds is 5. The van der Waals surface area contributed by atoms with Crippen LogP contribution in [0.2, 0.25) is 0 Å². The van der Waals surface area contributed by atoms with Crippen LogP contribution in [0.15, 0.2) is 22.7 Å². The van der Waals surface area contributed by atoms with Gasteiger partial charge in [0.2, 0.25) is 0 Å². The lowest BCUT2D eigenvalue weighted by Gasteiger charge is -2.22. The molecule has 2 nitrogen and oxygen atoms in total. The molecule has 0 bridgehead atoms. The normalized spacial score (nSPS) is 16.6. The van der Waals surface area contributed by atoms with E-state index in [9.17, 15) is 9.50 Å². The Balaban J connectivity index is 2.66. The van der Waals surface area contributed by atoms with Crippen LogP contribution in [0.1, 0.15) is 38.8 Å². The number of hydrogen-bond acceptors (Lipinski definition) is 2. The van der Waals surface area contributed by atoms with E-state index in [0.717, 1.165) is 10.0 Å². The van der Waals surface area contributed by atoms with Crippen molar-refractivity contribution in [2.75, 3.05) is 0 Å². The Kier molecular flexibility index (Phi) is 5.56. The highest BCUT2D eigenvalue weighted by Crippen LogP contribution is 2.24. The van der Waals surface area contributed by atoms with Crippen molar-refractivity contribution in [2.24, 2.45) is 0 Å². The molecule has 0 aliphatic rings. The maximum atomic E-state index is 13.0. The summed E-state index contributed by atoms with van der Waals surface area (Å²) in [6, 6.07) is 5.01. The fourth-order valence-electron chi connectivity index (χ4n) is 1.95. The number of nitrogens with one attached hydrogen (secondary N) is 1. The fourth-order valence-corrected chi connectivity index (χ4v) is 2.64. The summed E-state index contributed by atoms with van der Waals surface area (Å²) in [5.41, 5.74) is 1.02. The Hall–Kier alpha value is -0.450. The van der Waals surface area contributed by atoms with Gasteiger partial charge in [-0.15, -0.1) is 0 Å². The number of halogens is 2. The molecular weight excluding hydrogens is 285 g/mol. The van der Waals surface area contributed by atoms with E-state index in [-0.39, 0.29) is 24.0 Å². The predicted octanol–water partition coefficient (Wildman–Crippen LogP) is 3.40. The molecule has 0 amide bonds. The molecule has 2 N–H and O–H groups in total. The van der Waals surface area contributed by atoms with Crippen LogP contribution in [-0.2, 0) is 0 Å². The summed E-state index contributed by atoms with van der Waals surface area (Å²) in [5, 5.41) is 12.7. The average Bonchev–Trinajstić information content (AvgIpc) is 2.15. The van der Waals surface area contributed by atoms with E-state index >= 15 is 0 Å². The van der Waals surface area contributed by atoms with Gasteiger partial charge in [0.1, 0.15) is 5.82 Å². The third-order valence-electron chi connectivity index (χ3n) is 2.66. The van der Waals surface area contributed by atoms with Crippen LogP contribution < -0.4 is 5.32 Å². The molecule has 3 atom stereocenters. The second-order valence-corrected chi connectivity index (χ2v) is 5.39. The maximum absolute atomic E-state index is 13.0. The first kappa shape index (κ1) is 14.6. The third-order valence-corrected chi connectivity index (χ3v) is 3.34. The Morgan fingerprint density at radius 3 is 2.53 bits per heavy atom. The molecule has 0 aliphatic carbocycles. The van der Waals surface area contributed by atoms with Gasteiger partial charge < -0.3 is 10.4 Å². The van der Waals surface area contributed by atoms with Gasteiger partial charge in [0.05, 0.1) is 6.10 Å². The van der Waals surface area contributed by atoms with E-state index in [4.69, 9.17) is 0 Å². The minimum atomic E-state index is -0.318. The molecule has 0 aromatic heterocycles. The van der Waals surface area contributed by atoms with E-state index < -0.39 is 0 Å². The van der Waals surface area contributed by atoms with Crippen LogP contribution in [-0.4, -0.2) is 17.3 Å². The van der Waals surface area contributed by atoms with Crippen molar-refractivity contribution in [3.8, 4) is 0 Å². The average molecular weight is 304 g/mol. The quantitative estimate of drug-likeness (QED) is 0.874. The Labute approximate surface area is 110 Å². The van der Waals surface area contributed by atoms with Crippen LogP contribution in [0.4, 0.5) is 4.39 Å². The van der Waals surface area contributed by atoms with E-state index in [2.05, 4.69) is 21.2 Å². The van der Waals surface area contributed by atoms with Crippen molar-refractivity contribution < 1.29 is 9.50 Å². The first-order valence-electron chi connectivity index (χ1n) is 5.79. The standard InChI is InChI=1S/C13H19BrFNO/c1-8(6-9(2)17)16-10(3)12-5-4-11(15)7-13(12)14/h4-5,7-10,16-17H,6H2,1-3H3. The minimum absolute atomic E-state index is 0.110. The maximum Gasteiger partial charge on any atom is 0.124 e. The van der Waals surface area contributed by atoms with Crippen molar-refractivity contribution in [3.63, 3.8) is 0 Å². The minimum Gasteiger partial charge on any atom is -0.393 e. The number of aliphatic hydroxyl groups is 1. The van der Waals surface area contributed by atoms with Gasteiger partial charge in [-0.05, 0) is 44.9 Å². The van der Waals surface area contributed by atoms with Gasteiger partial charge in [-0.2, -0.15) is 0 Å². The topological polar surface area (TPSA) is 32.3 Å². The molecule has 0 fully saturated rings. The molecule has 1 aromatic rings. The van der Waals surface area contributed by atoms with E-state index in [0.29, 0.717) is 6.42 Å². The lowest BCUT2D eigenvalue weighted by molar-refractivity contribution is 0.168. The van der Waals surface area contributed by atoms with Crippen LogP contribution in [0.25, 0.3) is 0 Å². The zero-order chi connectivity index (χ0) is 13.0. The van der Waals surface area contributed by atoms with Gasteiger partial charge in [-0.3, -0.25) is 0 Å². The molecule has 96 valence electrons. The number of aliphatic hydroxyl groups excluding tert-OH is 1. The molecule has 3 unspecified atom stereocenters. The third kappa shape index (κ3) is 4.74. The molecular formula is C13H19BrFNO. The highest BCUT2D eigenvalue weighted by Gasteiger charge is 2.13. The van der Waals surface area contributed by atoms with Gasteiger partial charge in [0.25, 0.3) is 0 Å². The fraction of sp³-hybridized carbons (Fsp3) is 0.538. The summed E-state index contributed by atoms with van der Waals surface area (Å²) in [6.07, 6.45) is 0.379. The predicted molar refractivity (Wildman–Crippen MR) is 71.4 cm³/mol.